The molecule has 0 N–H and O–H groups in total. The second-order valence-corrected chi connectivity index (χ2v) is 6.57. The highest BCUT2D eigenvalue weighted by Crippen LogP contribution is 2.36. The fourth-order valence-corrected chi connectivity index (χ4v) is 3.86. The predicted molar refractivity (Wildman–Crippen MR) is 93.5 cm³/mol. The third kappa shape index (κ3) is 2.51. The molecule has 2 heterocycles. The van der Waals surface area contributed by atoms with E-state index in [0.717, 1.165) is 22.0 Å². The number of ether oxygens (including phenoxy) is 1. The minimum atomic E-state index is -0.244. The van der Waals surface area contributed by atoms with Crippen molar-refractivity contribution in [2.45, 2.75) is 4.90 Å². The summed E-state index contributed by atoms with van der Waals surface area (Å²) < 4.78 is 5.86. The van der Waals surface area contributed by atoms with E-state index in [-0.39, 0.29) is 25.0 Å². The second-order valence-electron chi connectivity index (χ2n) is 5.54. The number of hydrogen-bond acceptors (Lipinski definition) is 4. The Morgan fingerprint density at radius 3 is 2.50 bits per heavy atom. The molecule has 120 valence electrons. The van der Waals surface area contributed by atoms with Crippen molar-refractivity contribution in [3.8, 4) is 5.75 Å². The molecule has 2 aliphatic rings. The van der Waals surface area contributed by atoms with Crippen LogP contribution in [0.15, 0.2) is 53.4 Å². The highest BCUT2D eigenvalue weighted by atomic mass is 32.2. The Bertz CT molecular complexity index is 824. The largest absolute Gasteiger partial charge is 0.491 e. The molecule has 0 unspecified atom stereocenters. The van der Waals surface area contributed by atoms with Crippen LogP contribution in [0.25, 0.3) is 6.08 Å². The third-order valence-corrected chi connectivity index (χ3v) is 5.17. The molecule has 4 rings (SSSR count). The van der Waals surface area contributed by atoms with Gasteiger partial charge >= 0.3 is 0 Å². The van der Waals surface area contributed by atoms with E-state index in [1.54, 1.807) is 36.0 Å². The van der Waals surface area contributed by atoms with Crippen LogP contribution in [0, 0.1) is 0 Å². The van der Waals surface area contributed by atoms with Gasteiger partial charge in [0.15, 0.2) is 0 Å². The first-order valence-electron chi connectivity index (χ1n) is 7.76. The normalized spacial score (nSPS) is 15.4. The molecule has 5 heteroatoms. The molecule has 0 aliphatic carbocycles. The minimum absolute atomic E-state index is 0.244. The van der Waals surface area contributed by atoms with Crippen molar-refractivity contribution in [2.24, 2.45) is 0 Å². The zero-order valence-corrected chi connectivity index (χ0v) is 13.7. The van der Waals surface area contributed by atoms with Crippen molar-refractivity contribution >= 4 is 29.7 Å². The Morgan fingerprint density at radius 1 is 1.00 bits per heavy atom. The molecule has 4 nitrogen and oxygen atoms in total. The maximum atomic E-state index is 12.3. The molecule has 0 bridgehead atoms. The van der Waals surface area contributed by atoms with Crippen LogP contribution >= 0.6 is 11.8 Å². The summed E-state index contributed by atoms with van der Waals surface area (Å²) in [7, 11) is 0. The van der Waals surface area contributed by atoms with Crippen LogP contribution in [0.5, 0.6) is 5.75 Å². The fraction of sp³-hybridized carbons (Fsp3) is 0.158. The predicted octanol–water partition coefficient (Wildman–Crippen LogP) is 3.48. The number of nitrogens with zero attached hydrogens (tertiary/aromatic N) is 1. The first-order valence-corrected chi connectivity index (χ1v) is 8.74. The third-order valence-electron chi connectivity index (χ3n) is 4.08. The van der Waals surface area contributed by atoms with Gasteiger partial charge in [0.25, 0.3) is 11.8 Å². The number of fused-ring (bicyclic) bond motifs is 2. The molecular formula is C19H15NO3S. The standard InChI is InChI=1S/C19H15NO3S/c21-18-14-7-1-2-8-15(14)19(22)20(18)10-11-23-16-9-3-5-13-6-4-12-24-17(13)16/h1-9H,10-12H2. The number of imide groups is 1. The van der Waals surface area contributed by atoms with E-state index in [1.807, 2.05) is 12.1 Å². The van der Waals surface area contributed by atoms with Crippen LogP contribution in [-0.4, -0.2) is 35.6 Å². The number of benzene rings is 2. The van der Waals surface area contributed by atoms with E-state index in [9.17, 15) is 9.59 Å². The molecular weight excluding hydrogens is 322 g/mol. The van der Waals surface area contributed by atoms with Gasteiger partial charge < -0.3 is 4.74 Å². The van der Waals surface area contributed by atoms with Gasteiger partial charge in [-0.15, -0.1) is 11.8 Å². The number of rotatable bonds is 4. The average molecular weight is 337 g/mol. The summed E-state index contributed by atoms with van der Waals surface area (Å²) >= 11 is 1.73. The molecule has 0 radical (unpaired) electrons. The van der Waals surface area contributed by atoms with E-state index in [1.165, 1.54) is 4.90 Å². The molecule has 0 aromatic heterocycles. The molecule has 0 spiro atoms. The lowest BCUT2D eigenvalue weighted by Gasteiger charge is -2.18. The lowest BCUT2D eigenvalue weighted by molar-refractivity contribution is 0.0630. The second kappa shape index (κ2) is 6.17. The van der Waals surface area contributed by atoms with Gasteiger partial charge in [0.1, 0.15) is 12.4 Å². The van der Waals surface area contributed by atoms with Gasteiger partial charge in [-0.2, -0.15) is 0 Å². The fourth-order valence-electron chi connectivity index (χ4n) is 2.93. The molecule has 0 saturated heterocycles. The lowest BCUT2D eigenvalue weighted by atomic mass is 10.1. The first-order chi connectivity index (χ1) is 11.8. The van der Waals surface area contributed by atoms with E-state index < -0.39 is 0 Å². The summed E-state index contributed by atoms with van der Waals surface area (Å²) in [4.78, 5) is 27.0. The summed E-state index contributed by atoms with van der Waals surface area (Å²) in [6.07, 6.45) is 4.21. The Morgan fingerprint density at radius 2 is 1.75 bits per heavy atom. The molecule has 2 aromatic rings. The number of amides is 2. The molecule has 2 amide bonds. The molecule has 0 saturated carbocycles. The van der Waals surface area contributed by atoms with Crippen LogP contribution in [-0.2, 0) is 0 Å². The van der Waals surface area contributed by atoms with E-state index in [0.29, 0.717) is 11.1 Å². The molecule has 0 atom stereocenters. The van der Waals surface area contributed by atoms with E-state index >= 15 is 0 Å². The number of hydrogen-bond donors (Lipinski definition) is 0. The van der Waals surface area contributed by atoms with Crippen LogP contribution < -0.4 is 4.74 Å². The van der Waals surface area contributed by atoms with Gasteiger partial charge in [0.2, 0.25) is 0 Å². The highest BCUT2D eigenvalue weighted by molar-refractivity contribution is 7.99. The minimum Gasteiger partial charge on any atom is -0.491 e. The summed E-state index contributed by atoms with van der Waals surface area (Å²) in [5.74, 6) is 1.24. The zero-order valence-electron chi connectivity index (χ0n) is 12.9. The topological polar surface area (TPSA) is 46.6 Å². The highest BCUT2D eigenvalue weighted by Gasteiger charge is 2.34. The quantitative estimate of drug-likeness (QED) is 0.802. The number of thioether (sulfide) groups is 1. The van der Waals surface area contributed by atoms with Crippen molar-refractivity contribution in [1.82, 2.24) is 4.90 Å². The maximum absolute atomic E-state index is 12.3. The van der Waals surface area contributed by atoms with Gasteiger partial charge in [-0.25, -0.2) is 0 Å². The summed E-state index contributed by atoms with van der Waals surface area (Å²) in [6.45, 7) is 0.530. The summed E-state index contributed by atoms with van der Waals surface area (Å²) in [6, 6.07) is 12.8. The van der Waals surface area contributed by atoms with Crippen molar-refractivity contribution in [3.63, 3.8) is 0 Å². The van der Waals surface area contributed by atoms with Gasteiger partial charge in [-0.3, -0.25) is 14.5 Å². The van der Waals surface area contributed by atoms with Crippen LogP contribution in [0.4, 0.5) is 0 Å². The van der Waals surface area contributed by atoms with Gasteiger partial charge in [-0.1, -0.05) is 36.4 Å². The molecule has 0 fully saturated rings. The Balaban J connectivity index is 1.45. The lowest BCUT2D eigenvalue weighted by Crippen LogP contribution is -2.33. The van der Waals surface area contributed by atoms with Gasteiger partial charge in [-0.05, 0) is 23.8 Å². The Hall–Kier alpha value is -2.53. The zero-order chi connectivity index (χ0) is 16.5. The SMILES string of the molecule is O=C1c2ccccc2C(=O)N1CCOc1cccc2c1SCC=C2. The molecule has 24 heavy (non-hydrogen) atoms. The smallest absolute Gasteiger partial charge is 0.261 e. The van der Waals surface area contributed by atoms with Crippen LogP contribution in [0.1, 0.15) is 26.3 Å². The number of carbonyl (C=O) groups excluding carboxylic acids is 2. The first kappa shape index (κ1) is 15.0. The Labute approximate surface area is 144 Å². The van der Waals surface area contributed by atoms with Crippen LogP contribution in [0.3, 0.4) is 0 Å². The van der Waals surface area contributed by atoms with E-state index in [4.69, 9.17) is 4.74 Å². The summed E-state index contributed by atoms with van der Waals surface area (Å²) in [5.41, 5.74) is 2.09. The monoisotopic (exact) mass is 337 g/mol. The van der Waals surface area contributed by atoms with Crippen molar-refractivity contribution in [3.05, 3.63) is 65.2 Å². The summed E-state index contributed by atoms with van der Waals surface area (Å²) in [5, 5.41) is 0. The van der Waals surface area contributed by atoms with Crippen molar-refractivity contribution < 1.29 is 14.3 Å². The van der Waals surface area contributed by atoms with Gasteiger partial charge in [0, 0.05) is 5.75 Å². The van der Waals surface area contributed by atoms with Crippen molar-refractivity contribution in [1.29, 1.82) is 0 Å². The Kier molecular flexibility index (Phi) is 3.86. The van der Waals surface area contributed by atoms with Gasteiger partial charge in [0.05, 0.1) is 22.6 Å². The average Bonchev–Trinajstić information content (AvgIpc) is 2.87. The number of carbonyl (C=O) groups is 2. The van der Waals surface area contributed by atoms with E-state index in [2.05, 4.69) is 18.2 Å². The maximum Gasteiger partial charge on any atom is 0.261 e. The molecule has 2 aliphatic heterocycles. The van der Waals surface area contributed by atoms with Crippen LogP contribution in [0.2, 0.25) is 0 Å². The molecule has 2 aromatic carbocycles. The van der Waals surface area contributed by atoms with Crippen molar-refractivity contribution in [2.75, 3.05) is 18.9 Å².